The van der Waals surface area contributed by atoms with Crippen LogP contribution >= 0.6 is 0 Å². The number of nitrogens with zero attached hydrogens (tertiary/aromatic N) is 2. The lowest BCUT2D eigenvalue weighted by Crippen LogP contribution is -2.50. The summed E-state index contributed by atoms with van der Waals surface area (Å²) in [6, 6.07) is -0.565. The van der Waals surface area contributed by atoms with Crippen molar-refractivity contribution in [2.45, 2.75) is 31.8 Å². The highest BCUT2D eigenvalue weighted by Crippen LogP contribution is 2.48. The second-order valence-electron chi connectivity index (χ2n) is 6.00. The van der Waals surface area contributed by atoms with Gasteiger partial charge in [-0.2, -0.15) is 0 Å². The van der Waals surface area contributed by atoms with Gasteiger partial charge in [0.15, 0.2) is 0 Å². The third-order valence-corrected chi connectivity index (χ3v) is 4.83. The number of hydrogen-bond acceptors (Lipinski definition) is 3. The Balaban J connectivity index is 1.57. The van der Waals surface area contributed by atoms with E-state index in [0.717, 1.165) is 25.1 Å². The number of aromatic nitrogens is 2. The van der Waals surface area contributed by atoms with Gasteiger partial charge in [-0.1, -0.05) is 0 Å². The average molecular weight is 292 g/mol. The SMILES string of the molecule is Cn1ccnc1CNC(=O)NC1C2CCC(C2)C1C(=O)O. The summed E-state index contributed by atoms with van der Waals surface area (Å²) in [5, 5.41) is 15.0. The minimum absolute atomic E-state index is 0.215. The zero-order valence-electron chi connectivity index (χ0n) is 12.0. The number of fused-ring (bicyclic) bond motifs is 2. The van der Waals surface area contributed by atoms with Crippen molar-refractivity contribution in [1.29, 1.82) is 0 Å². The zero-order chi connectivity index (χ0) is 15.0. The molecule has 2 bridgehead atoms. The van der Waals surface area contributed by atoms with Crippen molar-refractivity contribution in [2.24, 2.45) is 24.8 Å². The molecule has 0 radical (unpaired) electrons. The maximum atomic E-state index is 12.0. The van der Waals surface area contributed by atoms with E-state index in [1.54, 1.807) is 6.20 Å². The fourth-order valence-electron chi connectivity index (χ4n) is 3.78. The first-order valence-electron chi connectivity index (χ1n) is 7.29. The summed E-state index contributed by atoms with van der Waals surface area (Å²) in [6.45, 7) is 0.327. The summed E-state index contributed by atoms with van der Waals surface area (Å²) in [4.78, 5) is 27.5. The Morgan fingerprint density at radius 2 is 2.19 bits per heavy atom. The lowest BCUT2D eigenvalue weighted by atomic mass is 9.84. The molecule has 2 amide bonds. The second kappa shape index (κ2) is 5.38. The van der Waals surface area contributed by atoms with Gasteiger partial charge in [-0.3, -0.25) is 4.79 Å². The lowest BCUT2D eigenvalue weighted by Gasteiger charge is -2.28. The van der Waals surface area contributed by atoms with Crippen molar-refractivity contribution >= 4 is 12.0 Å². The van der Waals surface area contributed by atoms with Gasteiger partial charge in [0.2, 0.25) is 0 Å². The number of aryl methyl sites for hydroxylation is 1. The summed E-state index contributed by atoms with van der Waals surface area (Å²) in [5.74, 6) is 0.0366. The molecule has 3 rings (SSSR count). The molecule has 2 saturated carbocycles. The Morgan fingerprint density at radius 3 is 2.86 bits per heavy atom. The molecule has 3 N–H and O–H groups in total. The van der Waals surface area contributed by atoms with Gasteiger partial charge in [0, 0.05) is 25.5 Å². The summed E-state index contributed by atoms with van der Waals surface area (Å²) < 4.78 is 1.83. The molecule has 1 aromatic rings. The van der Waals surface area contributed by atoms with E-state index in [1.807, 2.05) is 17.8 Å². The molecule has 4 atom stereocenters. The molecule has 0 spiro atoms. The highest BCUT2D eigenvalue weighted by atomic mass is 16.4. The van der Waals surface area contributed by atoms with Gasteiger partial charge in [-0.25, -0.2) is 9.78 Å². The number of carboxylic acid groups (broad SMARTS) is 1. The number of aliphatic carboxylic acids is 1. The monoisotopic (exact) mass is 292 g/mol. The van der Waals surface area contributed by atoms with E-state index in [2.05, 4.69) is 15.6 Å². The normalized spacial score (nSPS) is 30.3. The predicted octanol–water partition coefficient (Wildman–Crippen LogP) is 0.719. The molecule has 1 aromatic heterocycles. The van der Waals surface area contributed by atoms with E-state index in [4.69, 9.17) is 0 Å². The predicted molar refractivity (Wildman–Crippen MR) is 74.3 cm³/mol. The third-order valence-electron chi connectivity index (χ3n) is 4.83. The fraction of sp³-hybridized carbons (Fsp3) is 0.643. The van der Waals surface area contributed by atoms with Crippen LogP contribution in [0.15, 0.2) is 12.4 Å². The number of imidazole rings is 1. The Morgan fingerprint density at radius 1 is 1.43 bits per heavy atom. The van der Waals surface area contributed by atoms with Gasteiger partial charge in [0.05, 0.1) is 12.5 Å². The van der Waals surface area contributed by atoms with Crippen LogP contribution in [0.4, 0.5) is 4.79 Å². The van der Waals surface area contributed by atoms with Crippen LogP contribution in [-0.2, 0) is 18.4 Å². The maximum Gasteiger partial charge on any atom is 0.315 e. The Hall–Kier alpha value is -2.05. The number of urea groups is 1. The maximum absolute atomic E-state index is 12.0. The van der Waals surface area contributed by atoms with Crippen LogP contribution in [-0.4, -0.2) is 32.7 Å². The van der Waals surface area contributed by atoms with Gasteiger partial charge in [0.25, 0.3) is 0 Å². The van der Waals surface area contributed by atoms with Gasteiger partial charge < -0.3 is 20.3 Å². The first-order chi connectivity index (χ1) is 10.1. The minimum atomic E-state index is -0.795. The topological polar surface area (TPSA) is 96.3 Å². The first-order valence-corrected chi connectivity index (χ1v) is 7.29. The molecule has 2 fully saturated rings. The van der Waals surface area contributed by atoms with E-state index in [9.17, 15) is 14.7 Å². The van der Waals surface area contributed by atoms with E-state index in [0.29, 0.717) is 12.5 Å². The highest BCUT2D eigenvalue weighted by Gasteiger charge is 2.51. The van der Waals surface area contributed by atoms with E-state index < -0.39 is 11.9 Å². The fourth-order valence-corrected chi connectivity index (χ4v) is 3.78. The van der Waals surface area contributed by atoms with Crippen LogP contribution in [0.2, 0.25) is 0 Å². The van der Waals surface area contributed by atoms with Crippen molar-refractivity contribution in [3.8, 4) is 0 Å². The van der Waals surface area contributed by atoms with Crippen LogP contribution in [0.3, 0.4) is 0 Å². The number of carboxylic acids is 1. The smallest absolute Gasteiger partial charge is 0.315 e. The number of nitrogens with one attached hydrogen (secondary N) is 2. The van der Waals surface area contributed by atoms with E-state index in [-0.39, 0.29) is 18.0 Å². The van der Waals surface area contributed by atoms with Gasteiger partial charge in [-0.05, 0) is 31.1 Å². The quantitative estimate of drug-likeness (QED) is 0.762. The van der Waals surface area contributed by atoms with E-state index in [1.165, 1.54) is 0 Å². The molecule has 7 heteroatoms. The Kier molecular flexibility index (Phi) is 3.57. The number of carbonyl (C=O) groups excluding carboxylic acids is 1. The molecule has 4 unspecified atom stereocenters. The largest absolute Gasteiger partial charge is 0.481 e. The Bertz CT molecular complexity index is 556. The highest BCUT2D eigenvalue weighted by molar-refractivity contribution is 5.77. The van der Waals surface area contributed by atoms with Crippen LogP contribution in [0.25, 0.3) is 0 Å². The van der Waals surface area contributed by atoms with Crippen LogP contribution in [0, 0.1) is 17.8 Å². The van der Waals surface area contributed by atoms with Gasteiger partial charge in [-0.15, -0.1) is 0 Å². The first kappa shape index (κ1) is 13.9. The zero-order valence-corrected chi connectivity index (χ0v) is 12.0. The molecule has 1 heterocycles. The molecular weight excluding hydrogens is 272 g/mol. The molecule has 0 saturated heterocycles. The van der Waals surface area contributed by atoms with Gasteiger partial charge in [0.1, 0.15) is 5.82 Å². The number of rotatable bonds is 4. The standard InChI is InChI=1S/C14H20N4O3/c1-18-5-4-15-10(18)7-16-14(21)17-12-9-3-2-8(6-9)11(12)13(19)20/h4-5,8-9,11-12H,2-3,6-7H2,1H3,(H,19,20)(H2,16,17,21). The lowest BCUT2D eigenvalue weighted by molar-refractivity contribution is -0.144. The molecule has 0 aliphatic heterocycles. The van der Waals surface area contributed by atoms with Crippen molar-refractivity contribution in [3.63, 3.8) is 0 Å². The number of amides is 2. The molecule has 2 aliphatic rings. The molecule has 0 aromatic carbocycles. The van der Waals surface area contributed by atoms with Crippen LogP contribution in [0.1, 0.15) is 25.1 Å². The number of carbonyl (C=O) groups is 2. The third kappa shape index (κ3) is 2.59. The molecular formula is C14H20N4O3. The van der Waals surface area contributed by atoms with Crippen molar-refractivity contribution < 1.29 is 14.7 Å². The summed E-state index contributed by atoms with van der Waals surface area (Å²) >= 11 is 0. The minimum Gasteiger partial charge on any atom is -0.481 e. The Labute approximate surface area is 122 Å². The second-order valence-corrected chi connectivity index (χ2v) is 6.00. The number of hydrogen-bond donors (Lipinski definition) is 3. The molecule has 114 valence electrons. The van der Waals surface area contributed by atoms with Crippen molar-refractivity contribution in [1.82, 2.24) is 20.2 Å². The summed E-state index contributed by atoms with van der Waals surface area (Å²) in [6.07, 6.45) is 6.38. The van der Waals surface area contributed by atoms with Crippen molar-refractivity contribution in [3.05, 3.63) is 18.2 Å². The molecule has 7 nitrogen and oxygen atoms in total. The molecule has 21 heavy (non-hydrogen) atoms. The average Bonchev–Trinajstić information content (AvgIpc) is 3.12. The van der Waals surface area contributed by atoms with Gasteiger partial charge >= 0.3 is 12.0 Å². The van der Waals surface area contributed by atoms with Crippen LogP contribution < -0.4 is 10.6 Å². The van der Waals surface area contributed by atoms with Crippen molar-refractivity contribution in [2.75, 3.05) is 0 Å². The molecule has 2 aliphatic carbocycles. The van der Waals surface area contributed by atoms with Crippen LogP contribution in [0.5, 0.6) is 0 Å². The van der Waals surface area contributed by atoms with E-state index >= 15 is 0 Å². The summed E-state index contributed by atoms with van der Waals surface area (Å²) in [7, 11) is 1.86. The summed E-state index contributed by atoms with van der Waals surface area (Å²) in [5.41, 5.74) is 0.